The van der Waals surface area contributed by atoms with Crippen LogP contribution in [0.2, 0.25) is 0 Å². The molecule has 0 atom stereocenters. The summed E-state index contributed by atoms with van der Waals surface area (Å²) in [6.45, 7) is 0.119. The smallest absolute Gasteiger partial charge is 0.263 e. The van der Waals surface area contributed by atoms with Crippen LogP contribution in [0.5, 0.6) is 0 Å². The summed E-state index contributed by atoms with van der Waals surface area (Å²) in [7, 11) is 0. The van der Waals surface area contributed by atoms with E-state index >= 15 is 0 Å². The first-order chi connectivity index (χ1) is 13.5. The quantitative estimate of drug-likeness (QED) is 0.563. The number of primary amides is 1. The zero-order chi connectivity index (χ0) is 19.7. The molecule has 0 aliphatic rings. The number of amides is 1. The number of nitrogens with zero attached hydrogens (tertiary/aromatic N) is 3. The number of aromatic nitrogens is 3. The average molecular weight is 394 g/mol. The van der Waals surface area contributed by atoms with E-state index in [0.29, 0.717) is 21.6 Å². The summed E-state index contributed by atoms with van der Waals surface area (Å²) in [5.41, 5.74) is 7.15. The van der Waals surface area contributed by atoms with Crippen molar-refractivity contribution < 1.29 is 9.18 Å². The van der Waals surface area contributed by atoms with Crippen molar-refractivity contribution >= 4 is 27.5 Å². The van der Waals surface area contributed by atoms with E-state index in [1.807, 2.05) is 5.38 Å². The van der Waals surface area contributed by atoms with Gasteiger partial charge in [0.1, 0.15) is 16.5 Å². The van der Waals surface area contributed by atoms with E-state index in [4.69, 9.17) is 5.73 Å². The minimum Gasteiger partial charge on any atom is -0.370 e. The molecule has 28 heavy (non-hydrogen) atoms. The summed E-state index contributed by atoms with van der Waals surface area (Å²) >= 11 is 1.34. The number of pyridine rings is 1. The number of fused-ring (bicyclic) bond motifs is 1. The van der Waals surface area contributed by atoms with Crippen LogP contribution in [0.4, 0.5) is 4.39 Å². The third-order valence-corrected chi connectivity index (χ3v) is 5.24. The lowest BCUT2D eigenvalue weighted by Crippen LogP contribution is -2.26. The Morgan fingerprint density at radius 1 is 1.11 bits per heavy atom. The minimum absolute atomic E-state index is 0.0151. The maximum Gasteiger partial charge on any atom is 0.263 e. The minimum atomic E-state index is -0.503. The van der Waals surface area contributed by atoms with Crippen molar-refractivity contribution in [2.45, 2.75) is 13.0 Å². The maximum atomic E-state index is 13.3. The fourth-order valence-electron chi connectivity index (χ4n) is 3.02. The third kappa shape index (κ3) is 3.29. The standard InChI is InChI=1S/C20H15FN4O2S/c21-14-3-1-12(2-4-14)15-11-28-19-17(15)20(27)25(10-7-16(22)26)18(24-19)13-5-8-23-9-6-13/h1-6,8-9,11H,7,10H2,(H2,22,26). The lowest BCUT2D eigenvalue weighted by atomic mass is 10.1. The Labute approximate surface area is 163 Å². The van der Waals surface area contributed by atoms with Crippen molar-refractivity contribution in [3.05, 3.63) is 70.3 Å². The van der Waals surface area contributed by atoms with Gasteiger partial charge in [0.15, 0.2) is 0 Å². The number of halogens is 1. The molecule has 4 aromatic rings. The Hall–Kier alpha value is -3.39. The zero-order valence-corrected chi connectivity index (χ0v) is 15.4. The van der Waals surface area contributed by atoms with Crippen molar-refractivity contribution in [3.8, 4) is 22.5 Å². The van der Waals surface area contributed by atoms with Crippen molar-refractivity contribution in [1.29, 1.82) is 0 Å². The molecule has 1 amide bonds. The van der Waals surface area contributed by atoms with Gasteiger partial charge in [-0.2, -0.15) is 0 Å². The Kier molecular flexibility index (Phi) is 4.70. The highest BCUT2D eigenvalue weighted by atomic mass is 32.1. The van der Waals surface area contributed by atoms with Crippen LogP contribution >= 0.6 is 11.3 Å². The van der Waals surface area contributed by atoms with E-state index in [-0.39, 0.29) is 24.3 Å². The van der Waals surface area contributed by atoms with Gasteiger partial charge in [-0.15, -0.1) is 11.3 Å². The van der Waals surface area contributed by atoms with Crippen LogP contribution in [0.25, 0.3) is 32.7 Å². The van der Waals surface area contributed by atoms with Crippen molar-refractivity contribution in [2.24, 2.45) is 5.73 Å². The van der Waals surface area contributed by atoms with Crippen LogP contribution in [-0.4, -0.2) is 20.4 Å². The van der Waals surface area contributed by atoms with Gasteiger partial charge in [-0.05, 0) is 29.8 Å². The van der Waals surface area contributed by atoms with Gasteiger partial charge in [0, 0.05) is 41.9 Å². The molecule has 0 unspecified atom stereocenters. The Balaban J connectivity index is 1.96. The van der Waals surface area contributed by atoms with Crippen LogP contribution in [0.3, 0.4) is 0 Å². The second-order valence-electron chi connectivity index (χ2n) is 6.18. The summed E-state index contributed by atoms with van der Waals surface area (Å²) < 4.78 is 14.7. The summed E-state index contributed by atoms with van der Waals surface area (Å²) in [5, 5.41) is 2.28. The summed E-state index contributed by atoms with van der Waals surface area (Å²) in [5.74, 6) is -0.398. The first-order valence-corrected chi connectivity index (χ1v) is 9.39. The summed E-state index contributed by atoms with van der Waals surface area (Å²) in [6.07, 6.45) is 3.24. The number of nitrogens with two attached hydrogens (primary N) is 1. The van der Waals surface area contributed by atoms with Crippen LogP contribution in [0.15, 0.2) is 59.0 Å². The molecule has 0 fully saturated rings. The molecule has 0 aliphatic carbocycles. The molecule has 0 spiro atoms. The first-order valence-electron chi connectivity index (χ1n) is 8.51. The monoisotopic (exact) mass is 394 g/mol. The van der Waals surface area contributed by atoms with Crippen LogP contribution in [-0.2, 0) is 11.3 Å². The second kappa shape index (κ2) is 7.32. The van der Waals surface area contributed by atoms with Gasteiger partial charge in [0.2, 0.25) is 5.91 Å². The Morgan fingerprint density at radius 3 is 2.50 bits per heavy atom. The van der Waals surface area contributed by atoms with E-state index < -0.39 is 5.91 Å². The Bertz CT molecular complexity index is 1220. The number of carbonyl (C=O) groups is 1. The normalized spacial score (nSPS) is 11.0. The molecule has 140 valence electrons. The van der Waals surface area contributed by atoms with E-state index in [9.17, 15) is 14.0 Å². The molecular formula is C20H15FN4O2S. The van der Waals surface area contributed by atoms with Gasteiger partial charge in [-0.25, -0.2) is 9.37 Å². The SMILES string of the molecule is NC(=O)CCn1c(-c2ccncc2)nc2scc(-c3ccc(F)cc3)c2c1=O. The topological polar surface area (TPSA) is 90.9 Å². The zero-order valence-electron chi connectivity index (χ0n) is 14.6. The highest BCUT2D eigenvalue weighted by Gasteiger charge is 2.18. The summed E-state index contributed by atoms with van der Waals surface area (Å²) in [6, 6.07) is 9.46. The van der Waals surface area contributed by atoms with Gasteiger partial charge in [-0.3, -0.25) is 19.1 Å². The van der Waals surface area contributed by atoms with Crippen molar-refractivity contribution in [3.63, 3.8) is 0 Å². The van der Waals surface area contributed by atoms with Crippen molar-refractivity contribution in [2.75, 3.05) is 0 Å². The van der Waals surface area contributed by atoms with Crippen LogP contribution in [0, 0.1) is 5.82 Å². The average Bonchev–Trinajstić information content (AvgIpc) is 3.12. The predicted octanol–water partition coefficient (Wildman–Crippen LogP) is 3.20. The molecule has 3 heterocycles. The molecule has 8 heteroatoms. The van der Waals surface area contributed by atoms with E-state index in [1.165, 1.54) is 28.0 Å². The van der Waals surface area contributed by atoms with Gasteiger partial charge in [0.25, 0.3) is 5.56 Å². The summed E-state index contributed by atoms with van der Waals surface area (Å²) in [4.78, 5) is 33.9. The molecule has 1 aromatic carbocycles. The molecule has 0 saturated heterocycles. The Morgan fingerprint density at radius 2 is 1.82 bits per heavy atom. The van der Waals surface area contributed by atoms with Gasteiger partial charge in [0.05, 0.1) is 5.39 Å². The number of benzene rings is 1. The van der Waals surface area contributed by atoms with Gasteiger partial charge < -0.3 is 5.73 Å². The van der Waals surface area contributed by atoms with Gasteiger partial charge in [-0.1, -0.05) is 12.1 Å². The molecule has 2 N–H and O–H groups in total. The lowest BCUT2D eigenvalue weighted by molar-refractivity contribution is -0.118. The molecule has 0 aliphatic heterocycles. The molecule has 0 bridgehead atoms. The highest BCUT2D eigenvalue weighted by molar-refractivity contribution is 7.17. The highest BCUT2D eigenvalue weighted by Crippen LogP contribution is 2.32. The lowest BCUT2D eigenvalue weighted by Gasteiger charge is -2.12. The fourth-order valence-corrected chi connectivity index (χ4v) is 3.95. The number of thiophene rings is 1. The van der Waals surface area contributed by atoms with E-state index in [1.54, 1.807) is 36.7 Å². The molecular weight excluding hydrogens is 379 g/mol. The van der Waals surface area contributed by atoms with Gasteiger partial charge >= 0.3 is 0 Å². The van der Waals surface area contributed by atoms with Crippen molar-refractivity contribution in [1.82, 2.24) is 14.5 Å². The number of hydrogen-bond donors (Lipinski definition) is 1. The maximum absolute atomic E-state index is 13.3. The number of carbonyl (C=O) groups excluding carboxylic acids is 1. The second-order valence-corrected chi connectivity index (χ2v) is 7.04. The number of hydrogen-bond acceptors (Lipinski definition) is 5. The molecule has 6 nitrogen and oxygen atoms in total. The fraction of sp³-hybridized carbons (Fsp3) is 0.100. The number of rotatable bonds is 5. The molecule has 0 radical (unpaired) electrons. The van der Waals surface area contributed by atoms with E-state index in [2.05, 4.69) is 9.97 Å². The molecule has 3 aromatic heterocycles. The van der Waals surface area contributed by atoms with Crippen LogP contribution in [0.1, 0.15) is 6.42 Å². The molecule has 4 rings (SSSR count). The van der Waals surface area contributed by atoms with E-state index in [0.717, 1.165) is 11.1 Å². The first kappa shape index (κ1) is 18.0. The van der Waals surface area contributed by atoms with Crippen LogP contribution < -0.4 is 11.3 Å². The third-order valence-electron chi connectivity index (χ3n) is 4.37. The predicted molar refractivity (Wildman–Crippen MR) is 106 cm³/mol. The molecule has 0 saturated carbocycles. The largest absolute Gasteiger partial charge is 0.370 e.